The minimum atomic E-state index is -0.652. The Balaban J connectivity index is 3.38. The number of methoxy groups -OCH3 is 1. The first-order valence-electron chi connectivity index (χ1n) is 3.29. The third-order valence-corrected chi connectivity index (χ3v) is 2.13. The van der Waals surface area contributed by atoms with E-state index in [1.54, 1.807) is 0 Å². The maximum atomic E-state index is 10.9. The average Bonchev–Trinajstić information content (AvgIpc) is 2.02. The summed E-state index contributed by atoms with van der Waals surface area (Å²) < 4.78 is 4.90. The molecule has 13 heavy (non-hydrogen) atoms. The van der Waals surface area contributed by atoms with E-state index in [0.29, 0.717) is 5.02 Å². The summed E-state index contributed by atoms with van der Waals surface area (Å²) in [7, 11) is 1.40. The van der Waals surface area contributed by atoms with Crippen LogP contribution in [0.1, 0.15) is 10.4 Å². The fourth-order valence-electron chi connectivity index (χ4n) is 0.914. The molecule has 0 bridgehead atoms. The fraction of sp³-hybridized carbons (Fsp3) is 0.125. The first-order chi connectivity index (χ1) is 6.06. The molecule has 0 spiro atoms. The number of carbonyl (C=O) groups is 1. The number of ether oxygens (including phenoxy) is 1. The largest absolute Gasteiger partial charge is 0.494 e. The van der Waals surface area contributed by atoms with Crippen LogP contribution in [0.2, 0.25) is 10.0 Å². The van der Waals surface area contributed by atoms with Crippen molar-refractivity contribution in [1.29, 1.82) is 0 Å². The Morgan fingerprint density at radius 3 is 2.46 bits per heavy atom. The molecule has 0 aliphatic heterocycles. The number of hydrogen-bond acceptors (Lipinski definition) is 2. The van der Waals surface area contributed by atoms with Crippen LogP contribution in [0.15, 0.2) is 12.1 Å². The van der Waals surface area contributed by atoms with Crippen LogP contribution in [0.25, 0.3) is 0 Å². The molecular weight excluding hydrogens is 234 g/mol. The molecule has 0 heterocycles. The summed E-state index contributed by atoms with van der Waals surface area (Å²) in [6.07, 6.45) is 0. The molecule has 0 aliphatic rings. The normalized spacial score (nSPS) is 9.85. The number of halogens is 3. The predicted octanol–water partition coefficient (Wildman–Crippen LogP) is 3.38. The van der Waals surface area contributed by atoms with Crippen molar-refractivity contribution in [3.63, 3.8) is 0 Å². The van der Waals surface area contributed by atoms with Gasteiger partial charge in [-0.1, -0.05) is 23.2 Å². The van der Waals surface area contributed by atoms with E-state index < -0.39 is 5.24 Å². The topological polar surface area (TPSA) is 26.3 Å². The summed E-state index contributed by atoms with van der Waals surface area (Å²) in [6.45, 7) is 0. The summed E-state index contributed by atoms with van der Waals surface area (Å²) in [5.41, 5.74) is 0.168. The molecule has 0 amide bonds. The molecule has 0 atom stereocenters. The molecular formula is C8H5Cl3O2. The van der Waals surface area contributed by atoms with Gasteiger partial charge in [0.15, 0.2) is 0 Å². The van der Waals surface area contributed by atoms with E-state index in [9.17, 15) is 4.79 Å². The van der Waals surface area contributed by atoms with Gasteiger partial charge in [-0.3, -0.25) is 4.79 Å². The third kappa shape index (κ3) is 2.27. The second-order valence-electron chi connectivity index (χ2n) is 2.24. The zero-order valence-electron chi connectivity index (χ0n) is 6.61. The van der Waals surface area contributed by atoms with E-state index in [1.807, 2.05) is 0 Å². The Bertz CT molecular complexity index is 349. The van der Waals surface area contributed by atoms with Gasteiger partial charge in [0.1, 0.15) is 5.75 Å². The number of rotatable bonds is 2. The van der Waals surface area contributed by atoms with Crippen LogP contribution >= 0.6 is 34.8 Å². The van der Waals surface area contributed by atoms with Crippen LogP contribution in [0.5, 0.6) is 5.75 Å². The highest BCUT2D eigenvalue weighted by Crippen LogP contribution is 2.32. The van der Waals surface area contributed by atoms with Crippen molar-refractivity contribution in [3.05, 3.63) is 27.7 Å². The highest BCUT2D eigenvalue weighted by molar-refractivity contribution is 6.68. The monoisotopic (exact) mass is 238 g/mol. The highest BCUT2D eigenvalue weighted by atomic mass is 35.5. The Labute approximate surface area is 90.3 Å². The van der Waals surface area contributed by atoms with Crippen molar-refractivity contribution in [2.45, 2.75) is 0 Å². The van der Waals surface area contributed by atoms with Crippen LogP contribution in [-0.2, 0) is 0 Å². The second kappa shape index (κ2) is 4.18. The highest BCUT2D eigenvalue weighted by Gasteiger charge is 2.14. The Hall–Kier alpha value is -0.440. The SMILES string of the molecule is COc1c(Cl)cc(Cl)cc1C(=O)Cl. The lowest BCUT2D eigenvalue weighted by atomic mass is 10.2. The van der Waals surface area contributed by atoms with Crippen LogP contribution in [0, 0.1) is 0 Å². The maximum absolute atomic E-state index is 10.9. The third-order valence-electron chi connectivity index (χ3n) is 1.42. The van der Waals surface area contributed by atoms with Crippen LogP contribution in [0.3, 0.4) is 0 Å². The summed E-state index contributed by atoms with van der Waals surface area (Å²) in [6, 6.07) is 2.88. The van der Waals surface area contributed by atoms with Gasteiger partial charge in [0.2, 0.25) is 0 Å². The van der Waals surface area contributed by atoms with E-state index >= 15 is 0 Å². The molecule has 0 saturated carbocycles. The van der Waals surface area contributed by atoms with E-state index in [-0.39, 0.29) is 16.3 Å². The minimum absolute atomic E-state index is 0.168. The molecule has 1 aromatic carbocycles. The second-order valence-corrected chi connectivity index (χ2v) is 3.43. The van der Waals surface area contributed by atoms with Crippen molar-refractivity contribution >= 4 is 40.0 Å². The van der Waals surface area contributed by atoms with Gasteiger partial charge in [-0.25, -0.2) is 0 Å². The summed E-state index contributed by atoms with van der Waals surface area (Å²) in [5, 5.41) is -0.0462. The van der Waals surface area contributed by atoms with Gasteiger partial charge in [0.05, 0.1) is 17.7 Å². The molecule has 0 N–H and O–H groups in total. The standard InChI is InChI=1S/C8H5Cl3O2/c1-13-7-5(8(11)12)2-4(9)3-6(7)10/h2-3H,1H3. The zero-order chi connectivity index (χ0) is 10.0. The molecule has 0 radical (unpaired) electrons. The number of carbonyl (C=O) groups excluding carboxylic acids is 1. The minimum Gasteiger partial charge on any atom is -0.494 e. The van der Waals surface area contributed by atoms with Gasteiger partial charge >= 0.3 is 0 Å². The van der Waals surface area contributed by atoms with Gasteiger partial charge in [0, 0.05) is 5.02 Å². The first kappa shape index (κ1) is 10.6. The van der Waals surface area contributed by atoms with E-state index in [0.717, 1.165) is 0 Å². The van der Waals surface area contributed by atoms with Crippen molar-refractivity contribution in [3.8, 4) is 5.75 Å². The molecule has 2 nitrogen and oxygen atoms in total. The van der Waals surface area contributed by atoms with Crippen molar-refractivity contribution in [1.82, 2.24) is 0 Å². The molecule has 5 heteroatoms. The van der Waals surface area contributed by atoms with Crippen molar-refractivity contribution in [2.24, 2.45) is 0 Å². The quantitative estimate of drug-likeness (QED) is 0.740. The van der Waals surface area contributed by atoms with E-state index in [4.69, 9.17) is 39.5 Å². The molecule has 1 aromatic rings. The Morgan fingerprint density at radius 2 is 2.00 bits per heavy atom. The Morgan fingerprint density at radius 1 is 1.38 bits per heavy atom. The lowest BCUT2D eigenvalue weighted by Crippen LogP contribution is -1.96. The Kier molecular flexibility index (Phi) is 3.42. The van der Waals surface area contributed by atoms with Crippen molar-refractivity contribution in [2.75, 3.05) is 7.11 Å². The molecule has 0 saturated heterocycles. The van der Waals surface area contributed by atoms with Crippen LogP contribution < -0.4 is 4.74 Å². The van der Waals surface area contributed by atoms with E-state index in [1.165, 1.54) is 19.2 Å². The lowest BCUT2D eigenvalue weighted by Gasteiger charge is -2.06. The molecule has 1 rings (SSSR count). The molecule has 0 aliphatic carbocycles. The smallest absolute Gasteiger partial charge is 0.256 e. The number of benzene rings is 1. The fourth-order valence-corrected chi connectivity index (χ4v) is 1.62. The van der Waals surface area contributed by atoms with Gasteiger partial charge in [-0.05, 0) is 23.7 Å². The maximum Gasteiger partial charge on any atom is 0.256 e. The summed E-state index contributed by atoms with van der Waals surface area (Å²) in [4.78, 5) is 10.9. The average molecular weight is 239 g/mol. The predicted molar refractivity (Wildman–Crippen MR) is 53.2 cm³/mol. The van der Waals surface area contributed by atoms with Crippen LogP contribution in [-0.4, -0.2) is 12.4 Å². The van der Waals surface area contributed by atoms with Gasteiger partial charge in [-0.15, -0.1) is 0 Å². The van der Waals surface area contributed by atoms with Gasteiger partial charge < -0.3 is 4.74 Å². The number of hydrogen-bond donors (Lipinski definition) is 0. The summed E-state index contributed by atoms with van der Waals surface area (Å²) in [5.74, 6) is 0.242. The lowest BCUT2D eigenvalue weighted by molar-refractivity contribution is 0.107. The molecule has 0 fully saturated rings. The van der Waals surface area contributed by atoms with Crippen LogP contribution in [0.4, 0.5) is 0 Å². The molecule has 0 aromatic heterocycles. The van der Waals surface area contributed by atoms with Gasteiger partial charge in [-0.2, -0.15) is 0 Å². The van der Waals surface area contributed by atoms with Gasteiger partial charge in [0.25, 0.3) is 5.24 Å². The molecule has 70 valence electrons. The molecule has 0 unspecified atom stereocenters. The summed E-state index contributed by atoms with van der Waals surface area (Å²) >= 11 is 16.7. The van der Waals surface area contributed by atoms with Crippen molar-refractivity contribution < 1.29 is 9.53 Å². The zero-order valence-corrected chi connectivity index (χ0v) is 8.87. The van der Waals surface area contributed by atoms with E-state index in [2.05, 4.69) is 0 Å². The first-order valence-corrected chi connectivity index (χ1v) is 4.42.